The minimum atomic E-state index is 0.546. The number of hydrogen-bond acceptors (Lipinski definition) is 3. The Balaban J connectivity index is 2.34. The largest absolute Gasteiger partial charge is 0.455 e. The highest BCUT2D eigenvalue weighted by Crippen LogP contribution is 2.30. The molecule has 0 saturated heterocycles. The summed E-state index contributed by atoms with van der Waals surface area (Å²) in [5, 5.41) is 8.91. The fourth-order valence-corrected chi connectivity index (χ4v) is 1.99. The summed E-state index contributed by atoms with van der Waals surface area (Å²) < 4.78 is 6.59. The SMILES string of the molecule is Cc1cc(C#N)cc(Oc2ccc(Br)cc2N)c1. The van der Waals surface area contributed by atoms with Gasteiger partial charge in [-0.1, -0.05) is 15.9 Å². The molecule has 2 N–H and O–H groups in total. The molecule has 0 amide bonds. The molecule has 0 unspecified atom stereocenters. The third-order valence-corrected chi connectivity index (χ3v) is 2.87. The van der Waals surface area contributed by atoms with E-state index >= 15 is 0 Å². The van der Waals surface area contributed by atoms with Gasteiger partial charge in [0.25, 0.3) is 0 Å². The van der Waals surface area contributed by atoms with Crippen LogP contribution in [0.2, 0.25) is 0 Å². The van der Waals surface area contributed by atoms with Gasteiger partial charge in [0.2, 0.25) is 0 Å². The van der Waals surface area contributed by atoms with Gasteiger partial charge in [-0.15, -0.1) is 0 Å². The average molecular weight is 303 g/mol. The number of ether oxygens (including phenoxy) is 1. The number of nitrogens with zero attached hydrogens (tertiary/aromatic N) is 1. The first-order valence-electron chi connectivity index (χ1n) is 5.33. The van der Waals surface area contributed by atoms with Crippen LogP contribution in [0.4, 0.5) is 5.69 Å². The average Bonchev–Trinajstić information content (AvgIpc) is 2.32. The van der Waals surface area contributed by atoms with Gasteiger partial charge in [-0.3, -0.25) is 0 Å². The standard InChI is InChI=1S/C14H11BrN2O/c1-9-4-10(8-16)6-12(5-9)18-14-3-2-11(15)7-13(14)17/h2-7H,17H2,1H3. The van der Waals surface area contributed by atoms with Gasteiger partial charge in [0.15, 0.2) is 0 Å². The Bertz CT molecular complexity index is 632. The molecule has 0 saturated carbocycles. The first kappa shape index (κ1) is 12.5. The molecule has 0 aliphatic carbocycles. The molecule has 0 heterocycles. The molecular weight excluding hydrogens is 292 g/mol. The Morgan fingerprint density at radius 3 is 2.67 bits per heavy atom. The van der Waals surface area contributed by atoms with Gasteiger partial charge in [-0.2, -0.15) is 5.26 Å². The van der Waals surface area contributed by atoms with Crippen LogP contribution in [0.15, 0.2) is 40.9 Å². The minimum Gasteiger partial charge on any atom is -0.455 e. The lowest BCUT2D eigenvalue weighted by Crippen LogP contribution is -1.93. The Labute approximate surface area is 114 Å². The molecule has 0 aliphatic heterocycles. The zero-order valence-electron chi connectivity index (χ0n) is 9.77. The second-order valence-corrected chi connectivity index (χ2v) is 4.85. The monoisotopic (exact) mass is 302 g/mol. The van der Waals surface area contributed by atoms with Gasteiger partial charge in [-0.05, 0) is 48.9 Å². The number of nitrogens with two attached hydrogens (primary N) is 1. The summed E-state index contributed by atoms with van der Waals surface area (Å²) in [7, 11) is 0. The van der Waals surface area contributed by atoms with E-state index in [1.54, 1.807) is 24.3 Å². The summed E-state index contributed by atoms with van der Waals surface area (Å²) in [6, 6.07) is 12.9. The second-order valence-electron chi connectivity index (χ2n) is 3.93. The maximum Gasteiger partial charge on any atom is 0.150 e. The molecule has 0 aliphatic rings. The lowest BCUT2D eigenvalue weighted by molar-refractivity contribution is 0.484. The molecule has 0 radical (unpaired) electrons. The molecule has 0 fully saturated rings. The van der Waals surface area contributed by atoms with Gasteiger partial charge in [0.1, 0.15) is 11.5 Å². The predicted molar refractivity (Wildman–Crippen MR) is 74.5 cm³/mol. The maximum atomic E-state index is 8.91. The van der Waals surface area contributed by atoms with Crippen LogP contribution in [0.5, 0.6) is 11.5 Å². The highest BCUT2D eigenvalue weighted by atomic mass is 79.9. The van der Waals surface area contributed by atoms with Gasteiger partial charge in [0.05, 0.1) is 17.3 Å². The molecule has 2 rings (SSSR count). The number of nitriles is 1. The van der Waals surface area contributed by atoms with Crippen molar-refractivity contribution in [2.24, 2.45) is 0 Å². The van der Waals surface area contributed by atoms with Crippen LogP contribution in [0.25, 0.3) is 0 Å². The number of anilines is 1. The molecule has 0 aromatic heterocycles. The van der Waals surface area contributed by atoms with Crippen LogP contribution in [0, 0.1) is 18.3 Å². The van der Waals surface area contributed by atoms with E-state index in [1.807, 2.05) is 19.1 Å². The van der Waals surface area contributed by atoms with Crippen molar-refractivity contribution in [1.29, 1.82) is 5.26 Å². The third-order valence-electron chi connectivity index (χ3n) is 2.38. The van der Waals surface area contributed by atoms with Gasteiger partial charge >= 0.3 is 0 Å². The zero-order valence-corrected chi connectivity index (χ0v) is 11.4. The second kappa shape index (κ2) is 5.11. The van der Waals surface area contributed by atoms with Crippen molar-refractivity contribution in [3.8, 4) is 17.6 Å². The predicted octanol–water partition coefficient (Wildman–Crippen LogP) is 4.00. The van der Waals surface area contributed by atoms with Gasteiger partial charge in [-0.25, -0.2) is 0 Å². The topological polar surface area (TPSA) is 59.0 Å². The van der Waals surface area contributed by atoms with Crippen molar-refractivity contribution in [3.63, 3.8) is 0 Å². The molecular formula is C14H11BrN2O. The number of nitrogen functional groups attached to an aromatic ring is 1. The van der Waals surface area contributed by atoms with Crippen LogP contribution < -0.4 is 10.5 Å². The van der Waals surface area contributed by atoms with Crippen LogP contribution in [-0.4, -0.2) is 0 Å². The highest BCUT2D eigenvalue weighted by molar-refractivity contribution is 9.10. The zero-order chi connectivity index (χ0) is 13.1. The summed E-state index contributed by atoms with van der Waals surface area (Å²) in [4.78, 5) is 0. The van der Waals surface area contributed by atoms with E-state index in [4.69, 9.17) is 15.7 Å². The minimum absolute atomic E-state index is 0.546. The van der Waals surface area contributed by atoms with E-state index in [9.17, 15) is 0 Å². The number of hydrogen-bond donors (Lipinski definition) is 1. The maximum absolute atomic E-state index is 8.91. The van der Waals surface area contributed by atoms with E-state index in [1.165, 1.54) is 0 Å². The number of aryl methyl sites for hydroxylation is 1. The molecule has 0 bridgehead atoms. The molecule has 0 atom stereocenters. The Kier molecular flexibility index (Phi) is 3.54. The third kappa shape index (κ3) is 2.82. The Hall–Kier alpha value is -1.99. The van der Waals surface area contributed by atoms with Gasteiger partial charge in [0, 0.05) is 4.47 Å². The van der Waals surface area contributed by atoms with Crippen LogP contribution in [-0.2, 0) is 0 Å². The highest BCUT2D eigenvalue weighted by Gasteiger charge is 2.04. The number of halogens is 1. The van der Waals surface area contributed by atoms with Crippen molar-refractivity contribution in [3.05, 3.63) is 52.0 Å². The molecule has 18 heavy (non-hydrogen) atoms. The van der Waals surface area contributed by atoms with Crippen molar-refractivity contribution >= 4 is 21.6 Å². The molecule has 3 nitrogen and oxygen atoms in total. The first-order valence-corrected chi connectivity index (χ1v) is 6.12. The summed E-state index contributed by atoms with van der Waals surface area (Å²) >= 11 is 3.34. The van der Waals surface area contributed by atoms with Crippen molar-refractivity contribution in [1.82, 2.24) is 0 Å². The lowest BCUT2D eigenvalue weighted by atomic mass is 10.1. The van der Waals surface area contributed by atoms with Crippen molar-refractivity contribution in [2.75, 3.05) is 5.73 Å². The molecule has 0 spiro atoms. The Morgan fingerprint density at radius 1 is 1.22 bits per heavy atom. The van der Waals surface area contributed by atoms with E-state index in [-0.39, 0.29) is 0 Å². The van der Waals surface area contributed by atoms with E-state index in [0.29, 0.717) is 22.7 Å². The molecule has 4 heteroatoms. The van der Waals surface area contributed by atoms with E-state index in [0.717, 1.165) is 10.0 Å². The molecule has 90 valence electrons. The number of benzene rings is 2. The summed E-state index contributed by atoms with van der Waals surface area (Å²) in [6.45, 7) is 1.92. The first-order chi connectivity index (χ1) is 8.58. The smallest absolute Gasteiger partial charge is 0.150 e. The number of rotatable bonds is 2. The summed E-state index contributed by atoms with van der Waals surface area (Å²) in [5.41, 5.74) is 7.95. The molecule has 2 aromatic carbocycles. The van der Waals surface area contributed by atoms with E-state index in [2.05, 4.69) is 22.0 Å². The lowest BCUT2D eigenvalue weighted by Gasteiger charge is -2.09. The Morgan fingerprint density at radius 2 is 2.00 bits per heavy atom. The van der Waals surface area contributed by atoms with Crippen molar-refractivity contribution in [2.45, 2.75) is 6.92 Å². The fraction of sp³-hybridized carbons (Fsp3) is 0.0714. The van der Waals surface area contributed by atoms with Gasteiger partial charge < -0.3 is 10.5 Å². The molecule has 2 aromatic rings. The normalized spacial score (nSPS) is 9.83. The van der Waals surface area contributed by atoms with Crippen LogP contribution >= 0.6 is 15.9 Å². The van der Waals surface area contributed by atoms with E-state index < -0.39 is 0 Å². The van der Waals surface area contributed by atoms with Crippen molar-refractivity contribution < 1.29 is 4.74 Å². The quantitative estimate of drug-likeness (QED) is 0.853. The van der Waals surface area contributed by atoms with Crippen LogP contribution in [0.1, 0.15) is 11.1 Å². The van der Waals surface area contributed by atoms with Crippen LogP contribution in [0.3, 0.4) is 0 Å². The summed E-state index contributed by atoms with van der Waals surface area (Å²) in [5.74, 6) is 1.19. The fourth-order valence-electron chi connectivity index (χ4n) is 1.61. The summed E-state index contributed by atoms with van der Waals surface area (Å²) in [6.07, 6.45) is 0.